The molecule has 7 nitrogen and oxygen atoms in total. The summed E-state index contributed by atoms with van der Waals surface area (Å²) in [5, 5.41) is 2.80. The van der Waals surface area contributed by atoms with E-state index in [0.29, 0.717) is 43.3 Å². The van der Waals surface area contributed by atoms with Crippen molar-refractivity contribution in [1.29, 1.82) is 0 Å². The minimum atomic E-state index is -0.185. The molecule has 1 aliphatic heterocycles. The van der Waals surface area contributed by atoms with Gasteiger partial charge in [0.1, 0.15) is 18.1 Å². The van der Waals surface area contributed by atoms with Gasteiger partial charge in [0.05, 0.1) is 19.2 Å². The number of amides is 2. The summed E-state index contributed by atoms with van der Waals surface area (Å²) in [6, 6.07) is 10.4. The van der Waals surface area contributed by atoms with Crippen LogP contribution in [-0.2, 0) is 11.3 Å². The minimum Gasteiger partial charge on any atom is -0.491 e. The van der Waals surface area contributed by atoms with Gasteiger partial charge in [-0.25, -0.2) is 0 Å². The van der Waals surface area contributed by atoms with E-state index >= 15 is 0 Å². The second kappa shape index (κ2) is 8.64. The largest absolute Gasteiger partial charge is 0.491 e. The van der Waals surface area contributed by atoms with Crippen molar-refractivity contribution >= 4 is 11.8 Å². The molecule has 1 atom stereocenters. The number of methoxy groups -OCH3 is 1. The van der Waals surface area contributed by atoms with Gasteiger partial charge in [-0.3, -0.25) is 14.6 Å². The molecule has 1 aromatic heterocycles. The quantitative estimate of drug-likeness (QED) is 0.814. The molecule has 1 aliphatic rings. The average molecular weight is 369 g/mol. The first-order valence-corrected chi connectivity index (χ1v) is 8.85. The number of rotatable bonds is 5. The van der Waals surface area contributed by atoms with Gasteiger partial charge in [0.2, 0.25) is 0 Å². The number of aromatic nitrogens is 1. The second-order valence-electron chi connectivity index (χ2n) is 6.38. The van der Waals surface area contributed by atoms with E-state index in [1.165, 1.54) is 0 Å². The molecular formula is C20H23N3O4. The summed E-state index contributed by atoms with van der Waals surface area (Å²) >= 11 is 0. The van der Waals surface area contributed by atoms with Gasteiger partial charge in [-0.2, -0.15) is 0 Å². The van der Waals surface area contributed by atoms with Gasteiger partial charge in [-0.15, -0.1) is 0 Å². The summed E-state index contributed by atoms with van der Waals surface area (Å²) < 4.78 is 10.8. The first-order chi connectivity index (χ1) is 13.1. The van der Waals surface area contributed by atoms with Gasteiger partial charge in [-0.1, -0.05) is 6.07 Å². The molecule has 0 radical (unpaired) electrons. The van der Waals surface area contributed by atoms with Gasteiger partial charge >= 0.3 is 0 Å². The van der Waals surface area contributed by atoms with Crippen LogP contribution < -0.4 is 10.1 Å². The van der Waals surface area contributed by atoms with Crippen LogP contribution in [0.4, 0.5) is 0 Å². The van der Waals surface area contributed by atoms with Crippen molar-refractivity contribution < 1.29 is 19.1 Å². The van der Waals surface area contributed by atoms with Crippen molar-refractivity contribution in [2.24, 2.45) is 0 Å². The van der Waals surface area contributed by atoms with Crippen LogP contribution in [0.15, 0.2) is 42.6 Å². The molecular weight excluding hydrogens is 346 g/mol. The number of fused-ring (bicyclic) bond motifs is 1. The predicted octanol–water partition coefficient (Wildman–Crippen LogP) is 1.88. The summed E-state index contributed by atoms with van der Waals surface area (Å²) in [4.78, 5) is 31.1. The Hall–Kier alpha value is -2.93. The molecule has 2 amide bonds. The van der Waals surface area contributed by atoms with E-state index in [0.717, 1.165) is 5.56 Å². The molecule has 0 fully saturated rings. The number of hydrogen-bond donors (Lipinski definition) is 1. The van der Waals surface area contributed by atoms with Crippen LogP contribution in [0.3, 0.4) is 0 Å². The van der Waals surface area contributed by atoms with Crippen molar-refractivity contribution in [3.05, 3.63) is 59.4 Å². The van der Waals surface area contributed by atoms with E-state index in [9.17, 15) is 9.59 Å². The number of carbonyl (C=O) groups is 2. The first kappa shape index (κ1) is 18.8. The van der Waals surface area contributed by atoms with Gasteiger partial charge in [0.15, 0.2) is 0 Å². The third-order valence-corrected chi connectivity index (χ3v) is 4.41. The number of ether oxygens (including phenoxy) is 2. The molecule has 3 rings (SSSR count). The fourth-order valence-electron chi connectivity index (χ4n) is 2.90. The van der Waals surface area contributed by atoms with Gasteiger partial charge < -0.3 is 19.7 Å². The number of benzene rings is 1. The van der Waals surface area contributed by atoms with Gasteiger partial charge in [0, 0.05) is 31.0 Å². The van der Waals surface area contributed by atoms with Gasteiger partial charge in [-0.05, 0) is 37.3 Å². The third kappa shape index (κ3) is 4.43. The smallest absolute Gasteiger partial charge is 0.273 e. The molecule has 142 valence electrons. The van der Waals surface area contributed by atoms with Crippen LogP contribution in [0.1, 0.15) is 33.3 Å². The zero-order valence-corrected chi connectivity index (χ0v) is 15.5. The van der Waals surface area contributed by atoms with Crippen LogP contribution in [0, 0.1) is 0 Å². The number of carbonyl (C=O) groups excluding carboxylic acids is 2. The van der Waals surface area contributed by atoms with Crippen molar-refractivity contribution in [2.45, 2.75) is 19.5 Å². The Bertz CT molecular complexity index is 810. The summed E-state index contributed by atoms with van der Waals surface area (Å²) in [5.74, 6) is 0.343. The van der Waals surface area contributed by atoms with Crippen LogP contribution in [0.5, 0.6) is 5.75 Å². The predicted molar refractivity (Wildman–Crippen MR) is 99.7 cm³/mol. The highest BCUT2D eigenvalue weighted by molar-refractivity contribution is 5.95. The molecule has 0 saturated carbocycles. The maximum atomic E-state index is 12.9. The standard InChI is InChI=1S/C20H23N3O4/c1-14-13-27-18-7-6-15(19(24)22-9-10-26-2)11-16(18)12-23(14)20(25)17-5-3-4-8-21-17/h3-8,11,14H,9-10,12-13H2,1-2H3,(H,22,24)/t14-/m0/s1. The number of hydrogen-bond acceptors (Lipinski definition) is 5. The lowest BCUT2D eigenvalue weighted by Crippen LogP contribution is -2.40. The lowest BCUT2D eigenvalue weighted by Gasteiger charge is -2.26. The highest BCUT2D eigenvalue weighted by atomic mass is 16.5. The molecule has 0 aliphatic carbocycles. The van der Waals surface area contributed by atoms with E-state index in [2.05, 4.69) is 10.3 Å². The van der Waals surface area contributed by atoms with Crippen molar-refractivity contribution in [3.63, 3.8) is 0 Å². The van der Waals surface area contributed by atoms with Crippen LogP contribution in [-0.4, -0.2) is 54.6 Å². The minimum absolute atomic E-state index is 0.120. The fourth-order valence-corrected chi connectivity index (χ4v) is 2.90. The Morgan fingerprint density at radius 3 is 2.93 bits per heavy atom. The van der Waals surface area contributed by atoms with Crippen molar-refractivity contribution in [3.8, 4) is 5.75 Å². The average Bonchev–Trinajstić information content (AvgIpc) is 2.86. The molecule has 1 aromatic carbocycles. The van der Waals surface area contributed by atoms with E-state index in [1.807, 2.05) is 6.92 Å². The van der Waals surface area contributed by atoms with E-state index in [4.69, 9.17) is 9.47 Å². The lowest BCUT2D eigenvalue weighted by molar-refractivity contribution is 0.0639. The molecule has 2 aromatic rings. The van der Waals surface area contributed by atoms with Crippen molar-refractivity contribution in [1.82, 2.24) is 15.2 Å². The topological polar surface area (TPSA) is 80.8 Å². The number of pyridine rings is 1. The zero-order chi connectivity index (χ0) is 19.2. The Balaban J connectivity index is 1.82. The van der Waals surface area contributed by atoms with Crippen LogP contribution in [0.2, 0.25) is 0 Å². The molecule has 0 unspecified atom stereocenters. The van der Waals surface area contributed by atoms with E-state index in [1.54, 1.807) is 54.6 Å². The van der Waals surface area contributed by atoms with Gasteiger partial charge in [0.25, 0.3) is 11.8 Å². The molecule has 2 heterocycles. The Labute approximate surface area is 158 Å². The Morgan fingerprint density at radius 1 is 1.33 bits per heavy atom. The first-order valence-electron chi connectivity index (χ1n) is 8.85. The molecule has 1 N–H and O–H groups in total. The second-order valence-corrected chi connectivity index (χ2v) is 6.38. The van der Waals surface area contributed by atoms with Crippen molar-refractivity contribution in [2.75, 3.05) is 26.9 Å². The third-order valence-electron chi connectivity index (χ3n) is 4.41. The highest BCUT2D eigenvalue weighted by Crippen LogP contribution is 2.27. The Morgan fingerprint density at radius 2 is 2.19 bits per heavy atom. The number of nitrogens with one attached hydrogen (secondary N) is 1. The fraction of sp³-hybridized carbons (Fsp3) is 0.350. The highest BCUT2D eigenvalue weighted by Gasteiger charge is 2.27. The summed E-state index contributed by atoms with van der Waals surface area (Å²) in [7, 11) is 1.58. The monoisotopic (exact) mass is 369 g/mol. The zero-order valence-electron chi connectivity index (χ0n) is 15.5. The van der Waals surface area contributed by atoms with E-state index < -0.39 is 0 Å². The van der Waals surface area contributed by atoms with Crippen LogP contribution >= 0.6 is 0 Å². The molecule has 0 spiro atoms. The Kier molecular flexibility index (Phi) is 6.03. The normalized spacial score (nSPS) is 16.1. The SMILES string of the molecule is COCCNC(=O)c1ccc2c(c1)CN(C(=O)c1ccccn1)[C@@H](C)CO2. The van der Waals surface area contributed by atoms with E-state index in [-0.39, 0.29) is 17.9 Å². The summed E-state index contributed by atoms with van der Waals surface area (Å²) in [5.41, 5.74) is 1.71. The molecule has 7 heteroatoms. The molecule has 0 bridgehead atoms. The maximum Gasteiger partial charge on any atom is 0.273 e. The number of nitrogens with zero attached hydrogens (tertiary/aromatic N) is 2. The van der Waals surface area contributed by atoms with Crippen LogP contribution in [0.25, 0.3) is 0 Å². The molecule has 0 saturated heterocycles. The lowest BCUT2D eigenvalue weighted by atomic mass is 10.1. The maximum absolute atomic E-state index is 12.9. The molecule has 27 heavy (non-hydrogen) atoms. The summed E-state index contributed by atoms with van der Waals surface area (Å²) in [6.07, 6.45) is 1.60. The summed E-state index contributed by atoms with van der Waals surface area (Å²) in [6.45, 7) is 3.55.